The van der Waals surface area contributed by atoms with Crippen molar-refractivity contribution in [1.82, 2.24) is 4.90 Å². The number of hydrogen-bond acceptors (Lipinski definition) is 1. The smallest absolute Gasteiger partial charge is 0.0580 e. The van der Waals surface area contributed by atoms with Gasteiger partial charge < -0.3 is 4.90 Å². The summed E-state index contributed by atoms with van der Waals surface area (Å²) in [5, 5.41) is 0. The molecule has 0 aromatic heterocycles. The zero-order chi connectivity index (χ0) is 14.2. The fourth-order valence-electron chi connectivity index (χ4n) is 4.01. The minimum Gasteiger partial charge on any atom is -0.367 e. The van der Waals surface area contributed by atoms with Crippen LogP contribution in [0.2, 0.25) is 0 Å². The van der Waals surface area contributed by atoms with Gasteiger partial charge in [0.05, 0.1) is 6.04 Å². The SMILES string of the molecule is CCN1C2=C(CC1c1ccccc1)c1ccccc1CC2. The number of aryl methyl sites for hydroxylation is 1. The maximum Gasteiger partial charge on any atom is 0.0580 e. The van der Waals surface area contributed by atoms with E-state index in [1.165, 1.54) is 29.5 Å². The van der Waals surface area contributed by atoms with Gasteiger partial charge in [-0.15, -0.1) is 0 Å². The standard InChI is InChI=1S/C20H21N/c1-2-21-19-13-12-15-8-6-7-11-17(15)18(19)14-20(21)16-9-4-3-5-10-16/h3-11,20H,2,12-14H2,1H3. The molecule has 0 saturated heterocycles. The first-order chi connectivity index (χ1) is 10.4. The lowest BCUT2D eigenvalue weighted by Crippen LogP contribution is -2.24. The van der Waals surface area contributed by atoms with Gasteiger partial charge in [-0.2, -0.15) is 0 Å². The van der Waals surface area contributed by atoms with Crippen molar-refractivity contribution in [3.8, 4) is 0 Å². The van der Waals surface area contributed by atoms with Crippen molar-refractivity contribution >= 4 is 5.57 Å². The van der Waals surface area contributed by atoms with Crippen LogP contribution in [-0.2, 0) is 6.42 Å². The number of rotatable bonds is 2. The van der Waals surface area contributed by atoms with Gasteiger partial charge in [0, 0.05) is 12.2 Å². The number of benzene rings is 2. The molecule has 1 heteroatoms. The van der Waals surface area contributed by atoms with Crippen LogP contribution < -0.4 is 0 Å². The van der Waals surface area contributed by atoms with Gasteiger partial charge in [-0.1, -0.05) is 54.6 Å². The molecule has 0 spiro atoms. The predicted octanol–water partition coefficient (Wildman–Crippen LogP) is 4.81. The molecule has 2 aromatic rings. The Morgan fingerprint density at radius 3 is 2.52 bits per heavy atom. The molecular weight excluding hydrogens is 254 g/mol. The van der Waals surface area contributed by atoms with Gasteiger partial charge in [0.2, 0.25) is 0 Å². The second kappa shape index (κ2) is 5.07. The fraction of sp³-hybridized carbons (Fsp3) is 0.300. The summed E-state index contributed by atoms with van der Waals surface area (Å²) in [5.41, 5.74) is 7.65. The zero-order valence-corrected chi connectivity index (χ0v) is 12.5. The molecule has 1 heterocycles. The summed E-state index contributed by atoms with van der Waals surface area (Å²) in [7, 11) is 0. The molecule has 2 aliphatic rings. The second-order valence-corrected chi connectivity index (χ2v) is 6.00. The van der Waals surface area contributed by atoms with E-state index in [4.69, 9.17) is 0 Å². The van der Waals surface area contributed by atoms with Crippen molar-refractivity contribution in [2.45, 2.75) is 32.2 Å². The van der Waals surface area contributed by atoms with Crippen molar-refractivity contribution in [2.24, 2.45) is 0 Å². The molecule has 0 radical (unpaired) electrons. The number of hydrogen-bond donors (Lipinski definition) is 0. The monoisotopic (exact) mass is 275 g/mol. The van der Waals surface area contributed by atoms with E-state index >= 15 is 0 Å². The first kappa shape index (κ1) is 12.7. The molecule has 2 aromatic carbocycles. The Balaban J connectivity index is 1.77. The number of allylic oxidation sites excluding steroid dienone is 1. The molecule has 21 heavy (non-hydrogen) atoms. The second-order valence-electron chi connectivity index (χ2n) is 6.00. The van der Waals surface area contributed by atoms with Gasteiger partial charge in [0.15, 0.2) is 0 Å². The quantitative estimate of drug-likeness (QED) is 0.760. The summed E-state index contributed by atoms with van der Waals surface area (Å²) >= 11 is 0. The molecule has 1 aliphatic heterocycles. The number of nitrogens with zero attached hydrogens (tertiary/aromatic N) is 1. The van der Waals surface area contributed by atoms with E-state index < -0.39 is 0 Å². The van der Waals surface area contributed by atoms with Crippen LogP contribution in [-0.4, -0.2) is 11.4 Å². The van der Waals surface area contributed by atoms with Crippen molar-refractivity contribution in [1.29, 1.82) is 0 Å². The highest BCUT2D eigenvalue weighted by atomic mass is 15.2. The molecule has 0 N–H and O–H groups in total. The van der Waals surface area contributed by atoms with Crippen LogP contribution in [0.3, 0.4) is 0 Å². The van der Waals surface area contributed by atoms with Crippen LogP contribution >= 0.6 is 0 Å². The van der Waals surface area contributed by atoms with Crippen LogP contribution in [0.5, 0.6) is 0 Å². The van der Waals surface area contributed by atoms with Crippen LogP contribution in [0, 0.1) is 0 Å². The average molecular weight is 275 g/mol. The Kier molecular flexibility index (Phi) is 3.07. The van der Waals surface area contributed by atoms with Crippen molar-refractivity contribution in [3.63, 3.8) is 0 Å². The van der Waals surface area contributed by atoms with Crippen LogP contribution in [0.1, 0.15) is 42.5 Å². The fourth-order valence-corrected chi connectivity index (χ4v) is 4.01. The van der Waals surface area contributed by atoms with Gasteiger partial charge in [0.1, 0.15) is 0 Å². The summed E-state index contributed by atoms with van der Waals surface area (Å²) in [4.78, 5) is 2.63. The van der Waals surface area contributed by atoms with Crippen LogP contribution in [0.25, 0.3) is 5.57 Å². The molecule has 106 valence electrons. The van der Waals surface area contributed by atoms with E-state index in [-0.39, 0.29) is 0 Å². The normalized spacial score (nSPS) is 20.4. The summed E-state index contributed by atoms with van der Waals surface area (Å²) in [6, 6.07) is 20.5. The number of fused-ring (bicyclic) bond motifs is 2. The molecule has 4 rings (SSSR count). The molecule has 1 atom stereocenters. The lowest BCUT2D eigenvalue weighted by molar-refractivity contribution is 0.288. The van der Waals surface area contributed by atoms with Gasteiger partial charge in [0.25, 0.3) is 0 Å². The lowest BCUT2D eigenvalue weighted by atomic mass is 9.88. The molecule has 1 unspecified atom stereocenters. The Labute approximate surface area is 126 Å². The van der Waals surface area contributed by atoms with E-state index in [0.29, 0.717) is 6.04 Å². The van der Waals surface area contributed by atoms with Gasteiger partial charge in [-0.3, -0.25) is 0 Å². The lowest BCUT2D eigenvalue weighted by Gasteiger charge is -2.30. The molecular formula is C20H21N. The van der Waals surface area contributed by atoms with Crippen molar-refractivity contribution < 1.29 is 0 Å². The zero-order valence-electron chi connectivity index (χ0n) is 12.5. The summed E-state index contributed by atoms with van der Waals surface area (Å²) < 4.78 is 0. The highest BCUT2D eigenvalue weighted by molar-refractivity contribution is 5.75. The maximum absolute atomic E-state index is 2.63. The third-order valence-electron chi connectivity index (χ3n) is 4.97. The Morgan fingerprint density at radius 1 is 0.952 bits per heavy atom. The largest absolute Gasteiger partial charge is 0.367 e. The Morgan fingerprint density at radius 2 is 1.71 bits per heavy atom. The molecule has 0 bridgehead atoms. The van der Waals surface area contributed by atoms with Crippen LogP contribution in [0.15, 0.2) is 60.3 Å². The highest BCUT2D eigenvalue weighted by Crippen LogP contribution is 2.47. The van der Waals surface area contributed by atoms with Gasteiger partial charge in [-0.25, -0.2) is 0 Å². The third-order valence-corrected chi connectivity index (χ3v) is 4.97. The summed E-state index contributed by atoms with van der Waals surface area (Å²) in [6.45, 7) is 3.38. The molecule has 1 aliphatic carbocycles. The van der Waals surface area contributed by atoms with E-state index in [1.807, 2.05) is 0 Å². The minimum absolute atomic E-state index is 0.521. The molecule has 1 nitrogen and oxygen atoms in total. The van der Waals surface area contributed by atoms with Gasteiger partial charge in [-0.05, 0) is 48.4 Å². The Hall–Kier alpha value is -2.02. The van der Waals surface area contributed by atoms with E-state index in [1.54, 1.807) is 11.3 Å². The van der Waals surface area contributed by atoms with Crippen LogP contribution in [0.4, 0.5) is 0 Å². The van der Waals surface area contributed by atoms with E-state index in [9.17, 15) is 0 Å². The summed E-state index contributed by atoms with van der Waals surface area (Å²) in [6.07, 6.45) is 3.54. The first-order valence-electron chi connectivity index (χ1n) is 8.00. The third kappa shape index (κ3) is 1.99. The van der Waals surface area contributed by atoms with Crippen molar-refractivity contribution in [2.75, 3.05) is 6.54 Å². The Bertz CT molecular complexity index is 684. The van der Waals surface area contributed by atoms with E-state index in [2.05, 4.69) is 66.4 Å². The minimum atomic E-state index is 0.521. The van der Waals surface area contributed by atoms with Crippen molar-refractivity contribution in [3.05, 3.63) is 77.0 Å². The topological polar surface area (TPSA) is 3.24 Å². The van der Waals surface area contributed by atoms with E-state index in [0.717, 1.165) is 13.0 Å². The molecule has 0 saturated carbocycles. The molecule has 0 amide bonds. The average Bonchev–Trinajstić information content (AvgIpc) is 2.94. The molecule has 0 fully saturated rings. The predicted molar refractivity (Wildman–Crippen MR) is 87.9 cm³/mol. The first-order valence-corrected chi connectivity index (χ1v) is 8.00. The maximum atomic E-state index is 2.63. The highest BCUT2D eigenvalue weighted by Gasteiger charge is 2.34. The van der Waals surface area contributed by atoms with Gasteiger partial charge >= 0.3 is 0 Å². The summed E-state index contributed by atoms with van der Waals surface area (Å²) in [5.74, 6) is 0.